The monoisotopic (exact) mass is 379 g/mol. The van der Waals surface area contributed by atoms with Crippen LogP contribution in [-0.4, -0.2) is 27.8 Å². The molecule has 25 heavy (non-hydrogen) atoms. The van der Waals surface area contributed by atoms with Crippen LogP contribution in [0.4, 0.5) is 13.2 Å². The lowest BCUT2D eigenvalue weighted by Gasteiger charge is -2.40. The Morgan fingerprint density at radius 2 is 1.80 bits per heavy atom. The Bertz CT molecular complexity index is 607. The molecule has 1 rings (SSSR count). The molecule has 0 fully saturated rings. The number of hydrogen-bond acceptors (Lipinski definition) is 4. The van der Waals surface area contributed by atoms with Crippen molar-refractivity contribution in [2.75, 3.05) is 6.61 Å². The number of nitrogens with one attached hydrogen (secondary N) is 1. The highest BCUT2D eigenvalue weighted by Gasteiger charge is 2.64. The van der Waals surface area contributed by atoms with E-state index in [-0.39, 0.29) is 13.0 Å². The number of rotatable bonds is 7. The number of halogens is 3. The summed E-state index contributed by atoms with van der Waals surface area (Å²) in [5.41, 5.74) is -2.95. The second kappa shape index (κ2) is 7.97. The summed E-state index contributed by atoms with van der Waals surface area (Å²) >= 11 is -1.99. The highest BCUT2D eigenvalue weighted by atomic mass is 32.2. The molecule has 0 heterocycles. The molecule has 0 aliphatic carbocycles. The Labute approximate surface area is 149 Å². The third-order valence-electron chi connectivity index (χ3n) is 3.75. The van der Waals surface area contributed by atoms with Crippen LogP contribution < -0.4 is 4.72 Å². The fourth-order valence-corrected chi connectivity index (χ4v) is 3.29. The molecule has 142 valence electrons. The summed E-state index contributed by atoms with van der Waals surface area (Å²) in [6, 6.07) is 4.90. The van der Waals surface area contributed by atoms with Crippen LogP contribution in [0.5, 0.6) is 0 Å². The van der Waals surface area contributed by atoms with Crippen molar-refractivity contribution in [1.29, 1.82) is 0 Å². The van der Waals surface area contributed by atoms with Crippen LogP contribution in [-0.2, 0) is 26.4 Å². The average molecular weight is 379 g/mol. The number of esters is 1. The molecule has 1 N–H and O–H groups in total. The molecule has 0 radical (unpaired) electrons. The second-order valence-electron chi connectivity index (χ2n) is 6.52. The van der Waals surface area contributed by atoms with Crippen molar-refractivity contribution in [3.8, 4) is 0 Å². The van der Waals surface area contributed by atoms with E-state index >= 15 is 8.78 Å². The number of benzene rings is 1. The minimum atomic E-state index is -4.14. The van der Waals surface area contributed by atoms with E-state index in [1.165, 1.54) is 26.0 Å². The maximum atomic E-state index is 15.1. The molecule has 0 aromatic heterocycles. The van der Waals surface area contributed by atoms with E-state index in [0.29, 0.717) is 0 Å². The Morgan fingerprint density at radius 3 is 2.24 bits per heavy atom. The molecule has 0 saturated carbocycles. The molecular weight excluding hydrogens is 355 g/mol. The normalized spacial score (nSPS) is 16.2. The average Bonchev–Trinajstić information content (AvgIpc) is 2.52. The third kappa shape index (κ3) is 4.30. The first-order valence-electron chi connectivity index (χ1n) is 7.93. The zero-order valence-corrected chi connectivity index (χ0v) is 15.8. The highest BCUT2D eigenvalue weighted by molar-refractivity contribution is 7.90. The molecular formula is C17H24F3NO3S. The molecule has 2 atom stereocenters. The van der Waals surface area contributed by atoms with Crippen molar-refractivity contribution in [3.63, 3.8) is 0 Å². The van der Waals surface area contributed by atoms with E-state index in [1.54, 1.807) is 20.8 Å². The van der Waals surface area contributed by atoms with Crippen molar-refractivity contribution >= 4 is 17.3 Å². The van der Waals surface area contributed by atoms with Gasteiger partial charge in [-0.05, 0) is 40.2 Å². The molecule has 0 amide bonds. The van der Waals surface area contributed by atoms with Gasteiger partial charge in [0.1, 0.15) is 10.6 Å². The molecule has 0 saturated heterocycles. The number of ether oxygens (including phenoxy) is 1. The summed E-state index contributed by atoms with van der Waals surface area (Å²) in [6.07, 6.45) is -0.387. The molecule has 0 bridgehead atoms. The minimum absolute atomic E-state index is 0.256. The zero-order valence-electron chi connectivity index (χ0n) is 15.0. The van der Waals surface area contributed by atoms with Gasteiger partial charge in [-0.15, -0.1) is 4.72 Å². The Hall–Kier alpha value is -1.25. The molecule has 1 aromatic rings. The van der Waals surface area contributed by atoms with Crippen LogP contribution in [0.15, 0.2) is 24.3 Å². The standard InChI is InChI=1S/C17H24F3NO3S/c1-6-16(21-25(23)15(3,4)5,12-10-8-9-11-13(12)18)17(19,20)14(22)24-7-2/h8-11,21H,6-7H2,1-5H3/t16?,25-/m1/s1. The summed E-state index contributed by atoms with van der Waals surface area (Å²) in [7, 11) is 0. The van der Waals surface area contributed by atoms with Crippen LogP contribution in [0.3, 0.4) is 0 Å². The van der Waals surface area contributed by atoms with Gasteiger partial charge in [0.2, 0.25) is 0 Å². The molecule has 8 heteroatoms. The van der Waals surface area contributed by atoms with Gasteiger partial charge in [0.25, 0.3) is 0 Å². The lowest BCUT2D eigenvalue weighted by atomic mass is 9.81. The van der Waals surface area contributed by atoms with Crippen molar-refractivity contribution < 1.29 is 27.3 Å². The number of carbonyl (C=O) groups excluding carboxylic acids is 1. The maximum Gasteiger partial charge on any atom is 0.379 e. The van der Waals surface area contributed by atoms with Crippen LogP contribution in [0.1, 0.15) is 46.6 Å². The Morgan fingerprint density at radius 1 is 1.24 bits per heavy atom. The van der Waals surface area contributed by atoms with Crippen LogP contribution in [0, 0.1) is 5.82 Å². The molecule has 4 nitrogen and oxygen atoms in total. The smallest absolute Gasteiger partial charge is 0.379 e. The molecule has 0 aliphatic heterocycles. The summed E-state index contributed by atoms with van der Waals surface area (Å²) in [4.78, 5) is 12.0. The lowest BCUT2D eigenvalue weighted by molar-refractivity contribution is -0.185. The van der Waals surface area contributed by atoms with Crippen LogP contribution in [0.2, 0.25) is 0 Å². The Kier molecular flexibility index (Phi) is 6.95. The van der Waals surface area contributed by atoms with Gasteiger partial charge in [0.05, 0.1) is 6.61 Å². The number of alkyl halides is 2. The van der Waals surface area contributed by atoms with Gasteiger partial charge < -0.3 is 9.29 Å². The third-order valence-corrected chi connectivity index (χ3v) is 5.40. The molecule has 1 unspecified atom stereocenters. The first-order chi connectivity index (χ1) is 11.4. The van der Waals surface area contributed by atoms with Crippen molar-refractivity contribution in [1.82, 2.24) is 4.72 Å². The minimum Gasteiger partial charge on any atom is -0.598 e. The van der Waals surface area contributed by atoms with Gasteiger partial charge in [0, 0.05) is 16.9 Å². The van der Waals surface area contributed by atoms with Gasteiger partial charge in [-0.3, -0.25) is 0 Å². The van der Waals surface area contributed by atoms with E-state index < -0.39 is 44.9 Å². The quantitative estimate of drug-likeness (QED) is 0.580. The van der Waals surface area contributed by atoms with Crippen molar-refractivity contribution in [3.05, 3.63) is 35.6 Å². The number of carbonyl (C=O) groups is 1. The van der Waals surface area contributed by atoms with E-state index in [9.17, 15) is 13.7 Å². The first kappa shape index (κ1) is 21.8. The fraction of sp³-hybridized carbons (Fsp3) is 0.588. The van der Waals surface area contributed by atoms with Gasteiger partial charge in [0.15, 0.2) is 5.54 Å². The topological polar surface area (TPSA) is 61.4 Å². The summed E-state index contributed by atoms with van der Waals surface area (Å²) in [5.74, 6) is -6.86. The van der Waals surface area contributed by atoms with E-state index in [1.807, 2.05) is 0 Å². The van der Waals surface area contributed by atoms with Gasteiger partial charge in [-0.2, -0.15) is 8.78 Å². The van der Waals surface area contributed by atoms with Gasteiger partial charge >= 0.3 is 11.9 Å². The molecule has 0 aliphatic rings. The van der Waals surface area contributed by atoms with Crippen LogP contribution >= 0.6 is 0 Å². The van der Waals surface area contributed by atoms with E-state index in [4.69, 9.17) is 0 Å². The SMILES string of the molecule is CCOC(=O)C(F)(F)C(CC)(N[S@+]([O-])C(C)(C)C)c1ccccc1F. The first-order valence-corrected chi connectivity index (χ1v) is 9.08. The van der Waals surface area contributed by atoms with E-state index in [2.05, 4.69) is 9.46 Å². The summed E-state index contributed by atoms with van der Waals surface area (Å²) in [6.45, 7) is 7.26. The predicted molar refractivity (Wildman–Crippen MR) is 91.0 cm³/mol. The zero-order chi connectivity index (χ0) is 19.5. The number of hydrogen-bond donors (Lipinski definition) is 1. The maximum absolute atomic E-state index is 15.1. The molecule has 0 spiro atoms. The summed E-state index contributed by atoms with van der Waals surface area (Å²) < 4.78 is 63.0. The molecule has 1 aromatic carbocycles. The summed E-state index contributed by atoms with van der Waals surface area (Å²) in [5, 5.41) is 0. The second-order valence-corrected chi connectivity index (χ2v) is 8.48. The fourth-order valence-electron chi connectivity index (χ4n) is 2.29. The van der Waals surface area contributed by atoms with Crippen LogP contribution in [0.25, 0.3) is 0 Å². The van der Waals surface area contributed by atoms with Crippen molar-refractivity contribution in [2.45, 2.75) is 57.2 Å². The Balaban J connectivity index is 3.59. The van der Waals surface area contributed by atoms with E-state index in [0.717, 1.165) is 12.1 Å². The van der Waals surface area contributed by atoms with Crippen molar-refractivity contribution in [2.24, 2.45) is 0 Å². The highest BCUT2D eigenvalue weighted by Crippen LogP contribution is 2.43. The predicted octanol–water partition coefficient (Wildman–Crippen LogP) is 3.68. The lowest BCUT2D eigenvalue weighted by Crippen LogP contribution is -2.63. The van der Waals surface area contributed by atoms with Gasteiger partial charge in [-0.1, -0.05) is 25.1 Å². The largest absolute Gasteiger partial charge is 0.598 e. The van der Waals surface area contributed by atoms with Gasteiger partial charge in [-0.25, -0.2) is 9.18 Å².